The topological polar surface area (TPSA) is 48.7 Å². The van der Waals surface area contributed by atoms with Gasteiger partial charge in [-0.15, -0.1) is 11.3 Å². The zero-order valence-corrected chi connectivity index (χ0v) is 15.3. The number of benzene rings is 2. The molecule has 0 atom stereocenters. The molecule has 0 bridgehead atoms. The van der Waals surface area contributed by atoms with Gasteiger partial charge in [-0.2, -0.15) is 5.26 Å². The Morgan fingerprint density at radius 2 is 1.96 bits per heavy atom. The molecule has 0 spiro atoms. The van der Waals surface area contributed by atoms with Crippen LogP contribution in [0.25, 0.3) is 16.8 Å². The van der Waals surface area contributed by atoms with E-state index >= 15 is 0 Å². The minimum Gasteiger partial charge on any atom is -0.360 e. The first-order valence-corrected chi connectivity index (χ1v) is 8.92. The van der Waals surface area contributed by atoms with E-state index in [4.69, 9.17) is 0 Å². The first kappa shape index (κ1) is 16.9. The van der Waals surface area contributed by atoms with Crippen LogP contribution in [0.3, 0.4) is 0 Å². The van der Waals surface area contributed by atoms with Gasteiger partial charge in [0.05, 0.1) is 5.69 Å². The number of allylic oxidation sites excluding steroid dienone is 1. The van der Waals surface area contributed by atoms with Gasteiger partial charge in [-0.1, -0.05) is 24.3 Å². The number of nitriles is 1. The fourth-order valence-electron chi connectivity index (χ4n) is 2.46. The van der Waals surface area contributed by atoms with Crippen molar-refractivity contribution in [3.63, 3.8) is 0 Å². The molecule has 0 aliphatic heterocycles. The fraction of sp³-hybridized carbons (Fsp3) is 0.143. The molecule has 1 heterocycles. The second-order valence-corrected chi connectivity index (χ2v) is 6.88. The Morgan fingerprint density at radius 3 is 2.68 bits per heavy atom. The van der Waals surface area contributed by atoms with Crippen molar-refractivity contribution in [2.45, 2.75) is 20.8 Å². The second-order valence-electron chi connectivity index (χ2n) is 6.02. The predicted molar refractivity (Wildman–Crippen MR) is 105 cm³/mol. The number of anilines is 1. The van der Waals surface area contributed by atoms with Gasteiger partial charge in [-0.25, -0.2) is 4.98 Å². The first-order chi connectivity index (χ1) is 12.1. The van der Waals surface area contributed by atoms with Crippen LogP contribution in [0.1, 0.15) is 21.7 Å². The van der Waals surface area contributed by atoms with E-state index in [1.807, 2.05) is 36.6 Å². The van der Waals surface area contributed by atoms with Crippen molar-refractivity contribution in [3.05, 3.63) is 75.7 Å². The molecule has 0 radical (unpaired) electrons. The maximum absolute atomic E-state index is 9.48. The lowest BCUT2D eigenvalue weighted by atomic mass is 10.1. The Bertz CT molecular complexity index is 977. The van der Waals surface area contributed by atoms with Crippen LogP contribution in [0.4, 0.5) is 5.69 Å². The lowest BCUT2D eigenvalue weighted by Gasteiger charge is -2.03. The van der Waals surface area contributed by atoms with Crippen LogP contribution in [-0.4, -0.2) is 4.98 Å². The third-order valence-corrected chi connectivity index (χ3v) is 4.93. The van der Waals surface area contributed by atoms with E-state index in [0.29, 0.717) is 5.57 Å². The standard InChI is InChI=1S/C21H19N3S/c1-14-5-4-6-19(9-14)23-12-18(11-22)21-24-20(13-25-21)17-8-7-15(2)16(3)10-17/h4-10,12-13,23H,1-3H3. The zero-order chi connectivity index (χ0) is 17.8. The van der Waals surface area contributed by atoms with E-state index in [1.54, 1.807) is 6.20 Å². The number of nitrogens with one attached hydrogen (secondary N) is 1. The van der Waals surface area contributed by atoms with E-state index in [9.17, 15) is 5.26 Å². The Kier molecular flexibility index (Phi) is 4.97. The van der Waals surface area contributed by atoms with Crippen molar-refractivity contribution in [1.82, 2.24) is 4.98 Å². The normalized spacial score (nSPS) is 11.2. The molecule has 25 heavy (non-hydrogen) atoms. The highest BCUT2D eigenvalue weighted by atomic mass is 32.1. The lowest BCUT2D eigenvalue weighted by molar-refractivity contribution is 1.31. The lowest BCUT2D eigenvalue weighted by Crippen LogP contribution is -1.91. The zero-order valence-electron chi connectivity index (χ0n) is 14.5. The number of hydrogen-bond donors (Lipinski definition) is 1. The molecule has 3 rings (SSSR count). The molecule has 1 N–H and O–H groups in total. The summed E-state index contributed by atoms with van der Waals surface area (Å²) in [4.78, 5) is 4.64. The van der Waals surface area contributed by atoms with E-state index in [1.165, 1.54) is 28.0 Å². The van der Waals surface area contributed by atoms with Crippen LogP contribution in [0.5, 0.6) is 0 Å². The number of aromatic nitrogens is 1. The average molecular weight is 345 g/mol. The van der Waals surface area contributed by atoms with Gasteiger partial charge in [0.25, 0.3) is 0 Å². The number of nitrogens with zero attached hydrogens (tertiary/aromatic N) is 2. The van der Waals surface area contributed by atoms with E-state index < -0.39 is 0 Å². The summed E-state index contributed by atoms with van der Waals surface area (Å²) in [6.07, 6.45) is 1.72. The monoisotopic (exact) mass is 345 g/mol. The minimum absolute atomic E-state index is 0.529. The van der Waals surface area contributed by atoms with E-state index in [2.05, 4.69) is 48.4 Å². The minimum atomic E-state index is 0.529. The Morgan fingerprint density at radius 1 is 1.12 bits per heavy atom. The van der Waals surface area contributed by atoms with E-state index in [0.717, 1.165) is 22.0 Å². The van der Waals surface area contributed by atoms with Gasteiger partial charge in [0.15, 0.2) is 0 Å². The van der Waals surface area contributed by atoms with Crippen molar-refractivity contribution in [2.24, 2.45) is 0 Å². The Hall–Kier alpha value is -2.90. The van der Waals surface area contributed by atoms with Crippen molar-refractivity contribution in [1.29, 1.82) is 5.26 Å². The van der Waals surface area contributed by atoms with Crippen LogP contribution in [0.15, 0.2) is 54.0 Å². The van der Waals surface area contributed by atoms with Gasteiger partial charge in [-0.05, 0) is 55.7 Å². The average Bonchev–Trinajstić information content (AvgIpc) is 3.08. The summed E-state index contributed by atoms with van der Waals surface area (Å²) >= 11 is 1.48. The molecule has 0 aliphatic carbocycles. The van der Waals surface area contributed by atoms with Gasteiger partial charge in [0.1, 0.15) is 16.6 Å². The smallest absolute Gasteiger partial charge is 0.136 e. The largest absolute Gasteiger partial charge is 0.360 e. The highest BCUT2D eigenvalue weighted by molar-refractivity contribution is 7.11. The molecule has 0 aliphatic rings. The highest BCUT2D eigenvalue weighted by Gasteiger charge is 2.09. The van der Waals surface area contributed by atoms with Crippen LogP contribution < -0.4 is 5.32 Å². The summed E-state index contributed by atoms with van der Waals surface area (Å²) in [6, 6.07) is 16.6. The van der Waals surface area contributed by atoms with Gasteiger partial charge < -0.3 is 5.32 Å². The molecule has 2 aromatic carbocycles. The molecule has 0 saturated heterocycles. The third-order valence-electron chi connectivity index (χ3n) is 4.06. The fourth-order valence-corrected chi connectivity index (χ4v) is 3.26. The molecule has 4 heteroatoms. The van der Waals surface area contributed by atoms with Gasteiger partial charge in [0.2, 0.25) is 0 Å². The molecule has 3 aromatic rings. The van der Waals surface area contributed by atoms with Crippen molar-refractivity contribution in [2.75, 3.05) is 5.32 Å². The van der Waals surface area contributed by atoms with Gasteiger partial charge in [0, 0.05) is 22.8 Å². The summed E-state index contributed by atoms with van der Waals surface area (Å²) < 4.78 is 0. The van der Waals surface area contributed by atoms with Crippen LogP contribution in [-0.2, 0) is 0 Å². The molecule has 0 saturated carbocycles. The van der Waals surface area contributed by atoms with Crippen LogP contribution in [0, 0.1) is 32.1 Å². The third kappa shape index (κ3) is 3.96. The quantitative estimate of drug-likeness (QED) is 0.616. The predicted octanol–water partition coefficient (Wildman–Crippen LogP) is 5.71. The number of aryl methyl sites for hydroxylation is 3. The Labute approximate surface area is 152 Å². The van der Waals surface area contributed by atoms with Crippen LogP contribution in [0.2, 0.25) is 0 Å². The SMILES string of the molecule is Cc1cccc(NC=C(C#N)c2nc(-c3ccc(C)c(C)c3)cs2)c1. The molecule has 0 unspecified atom stereocenters. The summed E-state index contributed by atoms with van der Waals surface area (Å²) in [5.74, 6) is 0. The molecule has 3 nitrogen and oxygen atoms in total. The summed E-state index contributed by atoms with van der Waals surface area (Å²) in [6.45, 7) is 6.23. The van der Waals surface area contributed by atoms with E-state index in [-0.39, 0.29) is 0 Å². The maximum atomic E-state index is 9.48. The molecule has 0 amide bonds. The maximum Gasteiger partial charge on any atom is 0.136 e. The van der Waals surface area contributed by atoms with Crippen molar-refractivity contribution in [3.8, 4) is 17.3 Å². The van der Waals surface area contributed by atoms with Gasteiger partial charge >= 0.3 is 0 Å². The Balaban J connectivity index is 1.85. The molecule has 124 valence electrons. The number of thiazole rings is 1. The number of rotatable bonds is 4. The van der Waals surface area contributed by atoms with Gasteiger partial charge in [-0.3, -0.25) is 0 Å². The second kappa shape index (κ2) is 7.33. The van der Waals surface area contributed by atoms with Crippen molar-refractivity contribution < 1.29 is 0 Å². The molecule has 1 aromatic heterocycles. The number of hydrogen-bond acceptors (Lipinski definition) is 4. The summed E-state index contributed by atoms with van der Waals surface area (Å²) in [5, 5.41) is 15.4. The first-order valence-electron chi connectivity index (χ1n) is 8.04. The summed E-state index contributed by atoms with van der Waals surface area (Å²) in [5.41, 5.74) is 7.14. The highest BCUT2D eigenvalue weighted by Crippen LogP contribution is 2.27. The summed E-state index contributed by atoms with van der Waals surface area (Å²) in [7, 11) is 0. The van der Waals surface area contributed by atoms with Crippen LogP contribution >= 0.6 is 11.3 Å². The molecule has 0 fully saturated rings. The molecular formula is C21H19N3S. The molecular weight excluding hydrogens is 326 g/mol. The van der Waals surface area contributed by atoms with Crippen molar-refractivity contribution >= 4 is 22.6 Å².